The van der Waals surface area contributed by atoms with Crippen LogP contribution in [0.15, 0.2) is 22.7 Å². The van der Waals surface area contributed by atoms with Gasteiger partial charge < -0.3 is 14.4 Å². The zero-order chi connectivity index (χ0) is 15.0. The third-order valence-corrected chi connectivity index (χ3v) is 5.23. The SMILES string of the molecule is COc1cc(-c2nc(C3CCS(=O)(=O)C3)no2)ccc1O. The molecule has 3 rings (SSSR count). The van der Waals surface area contributed by atoms with E-state index in [1.165, 1.54) is 13.2 Å². The molecule has 112 valence electrons. The Bertz CT molecular complexity index is 769. The zero-order valence-electron chi connectivity index (χ0n) is 11.3. The number of nitrogens with zero attached hydrogens (tertiary/aromatic N) is 2. The fraction of sp³-hybridized carbons (Fsp3) is 0.385. The summed E-state index contributed by atoms with van der Waals surface area (Å²) in [5.74, 6) is 0.996. The van der Waals surface area contributed by atoms with Crippen LogP contribution in [0.3, 0.4) is 0 Å². The van der Waals surface area contributed by atoms with Gasteiger partial charge in [0.25, 0.3) is 5.89 Å². The Hall–Kier alpha value is -2.09. The maximum Gasteiger partial charge on any atom is 0.258 e. The average Bonchev–Trinajstić information content (AvgIpc) is 3.06. The van der Waals surface area contributed by atoms with Crippen molar-refractivity contribution in [2.45, 2.75) is 12.3 Å². The molecule has 0 radical (unpaired) electrons. The Morgan fingerprint density at radius 2 is 2.24 bits per heavy atom. The summed E-state index contributed by atoms with van der Waals surface area (Å²) in [5, 5.41) is 13.4. The van der Waals surface area contributed by atoms with E-state index < -0.39 is 9.84 Å². The van der Waals surface area contributed by atoms with Crippen molar-refractivity contribution < 1.29 is 22.8 Å². The smallest absolute Gasteiger partial charge is 0.258 e. The molecule has 8 heteroatoms. The number of hydrogen-bond donors (Lipinski definition) is 1. The summed E-state index contributed by atoms with van der Waals surface area (Å²) in [6.45, 7) is 0. The van der Waals surface area contributed by atoms with E-state index in [-0.39, 0.29) is 29.1 Å². The second-order valence-electron chi connectivity index (χ2n) is 4.94. The van der Waals surface area contributed by atoms with Crippen molar-refractivity contribution in [3.8, 4) is 23.0 Å². The molecular weight excluding hydrogens is 296 g/mol. The first-order valence-corrected chi connectivity index (χ1v) is 8.22. The number of sulfone groups is 1. The van der Waals surface area contributed by atoms with Crippen molar-refractivity contribution in [3.05, 3.63) is 24.0 Å². The minimum Gasteiger partial charge on any atom is -0.504 e. The molecule has 1 N–H and O–H groups in total. The Labute approximate surface area is 121 Å². The quantitative estimate of drug-likeness (QED) is 0.912. The fourth-order valence-corrected chi connectivity index (χ4v) is 4.07. The highest BCUT2D eigenvalue weighted by molar-refractivity contribution is 7.91. The van der Waals surface area contributed by atoms with E-state index in [9.17, 15) is 13.5 Å². The van der Waals surface area contributed by atoms with Crippen LogP contribution in [0.25, 0.3) is 11.5 Å². The van der Waals surface area contributed by atoms with Gasteiger partial charge in [0.1, 0.15) is 0 Å². The minimum absolute atomic E-state index is 0.0166. The third-order valence-electron chi connectivity index (χ3n) is 3.47. The van der Waals surface area contributed by atoms with Crippen LogP contribution in [-0.2, 0) is 9.84 Å². The summed E-state index contributed by atoms with van der Waals surface area (Å²) in [7, 11) is -1.54. The van der Waals surface area contributed by atoms with Crippen LogP contribution in [0, 0.1) is 0 Å². The van der Waals surface area contributed by atoms with E-state index in [4.69, 9.17) is 9.26 Å². The molecule has 0 spiro atoms. The number of phenolic OH excluding ortho intramolecular Hbond substituents is 1. The summed E-state index contributed by atoms with van der Waals surface area (Å²) in [5.41, 5.74) is 0.601. The molecule has 1 fully saturated rings. The van der Waals surface area contributed by atoms with Gasteiger partial charge in [-0.15, -0.1) is 0 Å². The van der Waals surface area contributed by atoms with Crippen LogP contribution >= 0.6 is 0 Å². The molecule has 1 aromatic carbocycles. The molecule has 0 amide bonds. The second-order valence-corrected chi connectivity index (χ2v) is 7.17. The Morgan fingerprint density at radius 1 is 1.43 bits per heavy atom. The number of methoxy groups -OCH3 is 1. The Balaban J connectivity index is 1.88. The maximum absolute atomic E-state index is 11.5. The molecule has 2 heterocycles. The fourth-order valence-electron chi connectivity index (χ4n) is 2.33. The summed E-state index contributed by atoms with van der Waals surface area (Å²) in [6, 6.07) is 4.68. The molecule has 0 aliphatic carbocycles. The summed E-state index contributed by atoms with van der Waals surface area (Å²) < 4.78 is 33.2. The average molecular weight is 310 g/mol. The second kappa shape index (κ2) is 5.03. The number of aromatic nitrogens is 2. The van der Waals surface area contributed by atoms with Gasteiger partial charge in [-0.05, 0) is 24.6 Å². The molecule has 1 aromatic heterocycles. The molecule has 0 bridgehead atoms. The molecule has 1 aliphatic heterocycles. The molecule has 1 aliphatic rings. The van der Waals surface area contributed by atoms with Gasteiger partial charge in [0, 0.05) is 11.5 Å². The topological polar surface area (TPSA) is 103 Å². The lowest BCUT2D eigenvalue weighted by atomic mass is 10.1. The minimum atomic E-state index is -2.99. The maximum atomic E-state index is 11.5. The zero-order valence-corrected chi connectivity index (χ0v) is 12.1. The van der Waals surface area contributed by atoms with Gasteiger partial charge in [0.2, 0.25) is 0 Å². The van der Waals surface area contributed by atoms with Crippen LogP contribution in [0.1, 0.15) is 18.2 Å². The van der Waals surface area contributed by atoms with Crippen LogP contribution in [0.5, 0.6) is 11.5 Å². The lowest BCUT2D eigenvalue weighted by molar-refractivity contribution is 0.373. The number of benzene rings is 1. The van der Waals surface area contributed by atoms with Crippen LogP contribution in [0.4, 0.5) is 0 Å². The van der Waals surface area contributed by atoms with Gasteiger partial charge in [0.15, 0.2) is 27.2 Å². The molecule has 1 unspecified atom stereocenters. The molecule has 21 heavy (non-hydrogen) atoms. The normalized spacial score (nSPS) is 20.5. The van der Waals surface area contributed by atoms with E-state index in [2.05, 4.69) is 10.1 Å². The van der Waals surface area contributed by atoms with Crippen molar-refractivity contribution in [2.75, 3.05) is 18.6 Å². The first kappa shape index (κ1) is 13.9. The van der Waals surface area contributed by atoms with Crippen molar-refractivity contribution in [3.63, 3.8) is 0 Å². The predicted octanol–water partition coefficient (Wildman–Crippen LogP) is 1.35. The largest absolute Gasteiger partial charge is 0.504 e. The monoisotopic (exact) mass is 310 g/mol. The van der Waals surface area contributed by atoms with Gasteiger partial charge in [-0.25, -0.2) is 8.42 Å². The number of ether oxygens (including phenoxy) is 1. The first-order chi connectivity index (χ1) is 9.98. The van der Waals surface area contributed by atoms with E-state index in [1.807, 2.05) is 0 Å². The van der Waals surface area contributed by atoms with E-state index in [0.29, 0.717) is 23.6 Å². The van der Waals surface area contributed by atoms with Crippen molar-refractivity contribution in [2.24, 2.45) is 0 Å². The van der Waals surface area contributed by atoms with Crippen LogP contribution in [0.2, 0.25) is 0 Å². The van der Waals surface area contributed by atoms with E-state index in [1.54, 1.807) is 12.1 Å². The van der Waals surface area contributed by atoms with Gasteiger partial charge in [-0.2, -0.15) is 4.98 Å². The number of phenols is 1. The predicted molar refractivity (Wildman–Crippen MR) is 74.0 cm³/mol. The lowest BCUT2D eigenvalue weighted by Gasteiger charge is -2.03. The third kappa shape index (κ3) is 2.71. The van der Waals surface area contributed by atoms with Gasteiger partial charge in [0.05, 0.1) is 18.6 Å². The first-order valence-electron chi connectivity index (χ1n) is 6.40. The van der Waals surface area contributed by atoms with E-state index in [0.717, 1.165) is 0 Å². The number of aromatic hydroxyl groups is 1. The van der Waals surface area contributed by atoms with E-state index >= 15 is 0 Å². The molecule has 1 atom stereocenters. The summed E-state index contributed by atoms with van der Waals surface area (Å²) in [4.78, 5) is 4.25. The number of rotatable bonds is 3. The highest BCUT2D eigenvalue weighted by Gasteiger charge is 2.32. The summed E-state index contributed by atoms with van der Waals surface area (Å²) in [6.07, 6.45) is 0.514. The molecule has 0 saturated carbocycles. The van der Waals surface area contributed by atoms with Crippen LogP contribution < -0.4 is 4.74 Å². The van der Waals surface area contributed by atoms with Crippen molar-refractivity contribution >= 4 is 9.84 Å². The molecule has 1 saturated heterocycles. The molecular formula is C13H14N2O5S. The van der Waals surface area contributed by atoms with Crippen molar-refractivity contribution in [1.29, 1.82) is 0 Å². The number of hydrogen-bond acceptors (Lipinski definition) is 7. The Kier molecular flexibility index (Phi) is 3.32. The summed E-state index contributed by atoms with van der Waals surface area (Å²) >= 11 is 0. The highest BCUT2D eigenvalue weighted by Crippen LogP contribution is 2.32. The van der Waals surface area contributed by atoms with Gasteiger partial charge >= 0.3 is 0 Å². The molecule has 7 nitrogen and oxygen atoms in total. The van der Waals surface area contributed by atoms with Crippen molar-refractivity contribution in [1.82, 2.24) is 10.1 Å². The van der Waals surface area contributed by atoms with Crippen LogP contribution in [-0.4, -0.2) is 42.3 Å². The lowest BCUT2D eigenvalue weighted by Crippen LogP contribution is -2.05. The highest BCUT2D eigenvalue weighted by atomic mass is 32.2. The van der Waals surface area contributed by atoms with Gasteiger partial charge in [-0.1, -0.05) is 5.16 Å². The Morgan fingerprint density at radius 3 is 2.90 bits per heavy atom. The molecule has 2 aromatic rings. The van der Waals surface area contributed by atoms with Gasteiger partial charge in [-0.3, -0.25) is 0 Å². The standard InChI is InChI=1S/C13H14N2O5S/c1-19-11-6-8(2-3-10(11)16)13-14-12(15-20-13)9-4-5-21(17,18)7-9/h2-3,6,9,16H,4-5,7H2,1H3.